The fourth-order valence-corrected chi connectivity index (χ4v) is 1.92. The Bertz CT molecular complexity index is 413. The molecule has 1 aromatic rings. The van der Waals surface area contributed by atoms with Crippen molar-refractivity contribution >= 4 is 27.7 Å². The molecule has 0 atom stereocenters. The minimum absolute atomic E-state index is 0.0571. The van der Waals surface area contributed by atoms with Gasteiger partial charge in [0.1, 0.15) is 5.78 Å². The van der Waals surface area contributed by atoms with E-state index in [-0.39, 0.29) is 11.8 Å². The van der Waals surface area contributed by atoms with Crippen molar-refractivity contribution in [3.63, 3.8) is 0 Å². The van der Waals surface area contributed by atoms with Gasteiger partial charge in [-0.2, -0.15) is 0 Å². The van der Waals surface area contributed by atoms with Crippen LogP contribution in [0, 0.1) is 0 Å². The van der Waals surface area contributed by atoms with Crippen LogP contribution in [0.25, 0.3) is 0 Å². The van der Waals surface area contributed by atoms with Crippen molar-refractivity contribution in [3.05, 3.63) is 33.8 Å². The lowest BCUT2D eigenvalue weighted by atomic mass is 10.1. The molecule has 16 heavy (non-hydrogen) atoms. The normalized spacial score (nSPS) is 9.94. The maximum Gasteiger partial charge on any atom is 0.339 e. The van der Waals surface area contributed by atoms with E-state index in [1.165, 1.54) is 6.92 Å². The fraction of sp³-hybridized carbons (Fsp3) is 0.333. The minimum Gasteiger partial charge on any atom is -0.462 e. The molecular weight excluding hydrogens is 272 g/mol. The number of carbonyl (C=O) groups excluding carboxylic acids is 2. The number of ether oxygens (including phenoxy) is 1. The second-order valence-corrected chi connectivity index (χ2v) is 4.17. The summed E-state index contributed by atoms with van der Waals surface area (Å²) in [5.41, 5.74) is 1.26. The van der Waals surface area contributed by atoms with E-state index in [0.717, 1.165) is 5.56 Å². The maximum atomic E-state index is 11.6. The quantitative estimate of drug-likeness (QED) is 0.799. The average molecular weight is 285 g/mol. The van der Waals surface area contributed by atoms with Gasteiger partial charge in [-0.05, 0) is 41.4 Å². The molecule has 3 nitrogen and oxygen atoms in total. The summed E-state index contributed by atoms with van der Waals surface area (Å²) in [5.74, 6) is -0.318. The number of benzene rings is 1. The number of Topliss-reactive ketones (excluding diaryl/α,β-unsaturated/α-hetero) is 1. The third-order valence-corrected chi connectivity index (χ3v) is 2.95. The van der Waals surface area contributed by atoms with Gasteiger partial charge in [-0.15, -0.1) is 0 Å². The monoisotopic (exact) mass is 284 g/mol. The van der Waals surface area contributed by atoms with Gasteiger partial charge >= 0.3 is 5.97 Å². The molecule has 0 fully saturated rings. The highest BCUT2D eigenvalue weighted by atomic mass is 79.9. The Hall–Kier alpha value is -1.16. The molecule has 0 amide bonds. The number of ketones is 1. The van der Waals surface area contributed by atoms with Gasteiger partial charge in [-0.25, -0.2) is 4.79 Å². The van der Waals surface area contributed by atoms with Crippen LogP contribution in [0.3, 0.4) is 0 Å². The summed E-state index contributed by atoms with van der Waals surface area (Å²) in [7, 11) is 0. The van der Waals surface area contributed by atoms with Crippen LogP contribution in [-0.2, 0) is 16.0 Å². The van der Waals surface area contributed by atoms with Crippen LogP contribution < -0.4 is 0 Å². The summed E-state index contributed by atoms with van der Waals surface area (Å²) in [5, 5.41) is 0. The Balaban J connectivity index is 3.03. The highest BCUT2D eigenvalue weighted by Crippen LogP contribution is 2.23. The van der Waals surface area contributed by atoms with Crippen LogP contribution in [0.4, 0.5) is 0 Å². The third kappa shape index (κ3) is 3.17. The number of esters is 1. The lowest BCUT2D eigenvalue weighted by molar-refractivity contribution is -0.116. The fourth-order valence-electron chi connectivity index (χ4n) is 1.35. The molecule has 0 saturated carbocycles. The lowest BCUT2D eigenvalue weighted by Gasteiger charge is -2.07. The van der Waals surface area contributed by atoms with Gasteiger partial charge in [0.2, 0.25) is 0 Å². The van der Waals surface area contributed by atoms with Gasteiger partial charge in [-0.3, -0.25) is 4.79 Å². The van der Waals surface area contributed by atoms with Gasteiger partial charge < -0.3 is 4.74 Å². The molecule has 4 heteroatoms. The first-order valence-corrected chi connectivity index (χ1v) is 5.79. The average Bonchev–Trinajstić information content (AvgIpc) is 2.21. The minimum atomic E-state index is -0.375. The standard InChI is InChI=1S/C12H13BrO3/c1-3-16-12(15)10-6-4-5-9(11(10)13)7-8(2)14/h4-6H,3,7H2,1-2H3. The predicted octanol–water partition coefficient (Wildman–Crippen LogP) is 2.76. The zero-order chi connectivity index (χ0) is 12.1. The van der Waals surface area contributed by atoms with E-state index < -0.39 is 0 Å². The molecule has 1 aromatic carbocycles. The zero-order valence-corrected chi connectivity index (χ0v) is 10.8. The molecule has 0 radical (unpaired) electrons. The number of carbonyl (C=O) groups is 2. The van der Waals surface area contributed by atoms with E-state index in [4.69, 9.17) is 4.74 Å². The van der Waals surface area contributed by atoms with Crippen LogP contribution in [0.15, 0.2) is 22.7 Å². The smallest absolute Gasteiger partial charge is 0.339 e. The summed E-state index contributed by atoms with van der Waals surface area (Å²) >= 11 is 3.33. The zero-order valence-electron chi connectivity index (χ0n) is 9.25. The van der Waals surface area contributed by atoms with Crippen LogP contribution >= 0.6 is 15.9 Å². The molecule has 0 unspecified atom stereocenters. The molecule has 0 aromatic heterocycles. The molecule has 0 aliphatic rings. The molecular formula is C12H13BrO3. The van der Waals surface area contributed by atoms with Gasteiger partial charge in [-0.1, -0.05) is 12.1 Å². The Morgan fingerprint density at radius 3 is 2.62 bits per heavy atom. The number of rotatable bonds is 4. The predicted molar refractivity (Wildman–Crippen MR) is 64.5 cm³/mol. The highest BCUT2D eigenvalue weighted by Gasteiger charge is 2.14. The Morgan fingerprint density at radius 2 is 2.06 bits per heavy atom. The number of hydrogen-bond donors (Lipinski definition) is 0. The summed E-state index contributed by atoms with van der Waals surface area (Å²) in [4.78, 5) is 22.6. The van der Waals surface area contributed by atoms with E-state index in [2.05, 4.69) is 15.9 Å². The molecule has 0 aliphatic carbocycles. The Kier molecular flexibility index (Phi) is 4.68. The molecule has 0 heterocycles. The second-order valence-electron chi connectivity index (χ2n) is 3.38. The van der Waals surface area contributed by atoms with Gasteiger partial charge in [0.25, 0.3) is 0 Å². The van der Waals surface area contributed by atoms with Crippen LogP contribution in [0.1, 0.15) is 29.8 Å². The molecule has 0 saturated heterocycles. The van der Waals surface area contributed by atoms with Crippen molar-refractivity contribution in [1.29, 1.82) is 0 Å². The molecule has 0 aliphatic heterocycles. The van der Waals surface area contributed by atoms with Crippen molar-refractivity contribution in [1.82, 2.24) is 0 Å². The molecule has 0 spiro atoms. The van der Waals surface area contributed by atoms with Crippen molar-refractivity contribution in [2.75, 3.05) is 6.61 Å². The third-order valence-electron chi connectivity index (χ3n) is 2.01. The summed E-state index contributed by atoms with van der Waals surface area (Å²) in [6.07, 6.45) is 0.313. The largest absolute Gasteiger partial charge is 0.462 e. The van der Waals surface area contributed by atoms with E-state index in [9.17, 15) is 9.59 Å². The summed E-state index contributed by atoms with van der Waals surface area (Å²) in [6.45, 7) is 3.61. The first kappa shape index (κ1) is 12.9. The van der Waals surface area contributed by atoms with Crippen molar-refractivity contribution < 1.29 is 14.3 Å². The number of halogens is 1. The molecule has 0 bridgehead atoms. The maximum absolute atomic E-state index is 11.6. The van der Waals surface area contributed by atoms with Crippen molar-refractivity contribution in [2.24, 2.45) is 0 Å². The van der Waals surface area contributed by atoms with Crippen LogP contribution in [-0.4, -0.2) is 18.4 Å². The van der Waals surface area contributed by atoms with E-state index in [0.29, 0.717) is 23.1 Å². The van der Waals surface area contributed by atoms with Crippen molar-refractivity contribution in [3.8, 4) is 0 Å². The Morgan fingerprint density at radius 1 is 1.38 bits per heavy atom. The summed E-state index contributed by atoms with van der Waals surface area (Å²) < 4.78 is 5.56. The summed E-state index contributed by atoms with van der Waals surface area (Å²) in [6, 6.07) is 5.23. The van der Waals surface area contributed by atoms with E-state index in [1.807, 2.05) is 6.07 Å². The molecule has 0 N–H and O–H groups in total. The van der Waals surface area contributed by atoms with Gasteiger partial charge in [0.05, 0.1) is 12.2 Å². The first-order valence-electron chi connectivity index (χ1n) is 5.00. The van der Waals surface area contributed by atoms with Crippen LogP contribution in [0.5, 0.6) is 0 Å². The second kappa shape index (κ2) is 5.80. The lowest BCUT2D eigenvalue weighted by Crippen LogP contribution is -2.07. The Labute approximate surface area is 103 Å². The SMILES string of the molecule is CCOC(=O)c1cccc(CC(C)=O)c1Br. The molecule has 1 rings (SSSR count). The highest BCUT2D eigenvalue weighted by molar-refractivity contribution is 9.10. The van der Waals surface area contributed by atoms with E-state index >= 15 is 0 Å². The van der Waals surface area contributed by atoms with E-state index in [1.54, 1.807) is 19.1 Å². The van der Waals surface area contributed by atoms with Gasteiger partial charge in [0.15, 0.2) is 0 Å². The molecule has 86 valence electrons. The van der Waals surface area contributed by atoms with Crippen LogP contribution in [0.2, 0.25) is 0 Å². The van der Waals surface area contributed by atoms with Gasteiger partial charge in [0, 0.05) is 10.9 Å². The number of hydrogen-bond acceptors (Lipinski definition) is 3. The first-order chi connectivity index (χ1) is 7.56. The van der Waals surface area contributed by atoms with Crippen molar-refractivity contribution in [2.45, 2.75) is 20.3 Å². The topological polar surface area (TPSA) is 43.4 Å².